The number of hydrazine groups is 1. The zero-order valence-corrected chi connectivity index (χ0v) is 14.4. The molecule has 0 aliphatic carbocycles. The number of rotatable bonds is 2. The first-order valence-electron chi connectivity index (χ1n) is 5.14. The van der Waals surface area contributed by atoms with Gasteiger partial charge in [0.25, 0.3) is 11.8 Å². The van der Waals surface area contributed by atoms with E-state index in [1.807, 2.05) is 0 Å². The maximum absolute atomic E-state index is 11.9. The smallest absolute Gasteiger partial charge is 0.267 e. The van der Waals surface area contributed by atoms with Gasteiger partial charge < -0.3 is 0 Å². The van der Waals surface area contributed by atoms with Crippen molar-refractivity contribution in [1.82, 2.24) is 15.8 Å². The van der Waals surface area contributed by atoms with Crippen LogP contribution in [-0.4, -0.2) is 16.8 Å². The van der Waals surface area contributed by atoms with Crippen molar-refractivity contribution >= 4 is 66.6 Å². The minimum absolute atomic E-state index is 0.0545. The molecule has 0 spiro atoms. The maximum atomic E-state index is 11.9. The molecule has 2 rings (SSSR count). The van der Waals surface area contributed by atoms with Crippen LogP contribution in [0.15, 0.2) is 32.7 Å². The molecule has 9 heteroatoms. The minimum atomic E-state index is -0.548. The Morgan fingerprint density at radius 1 is 1.20 bits per heavy atom. The number of hydrogen-bond acceptors (Lipinski definition) is 4. The van der Waals surface area contributed by atoms with E-state index in [2.05, 4.69) is 47.7 Å². The highest BCUT2D eigenvalue weighted by Gasteiger charge is 2.14. The van der Waals surface area contributed by atoms with Crippen molar-refractivity contribution < 1.29 is 9.59 Å². The molecule has 0 saturated heterocycles. The van der Waals surface area contributed by atoms with Crippen LogP contribution in [0.5, 0.6) is 0 Å². The first-order valence-corrected chi connectivity index (χ1v) is 7.92. The Morgan fingerprint density at radius 2 is 1.90 bits per heavy atom. The monoisotopic (exact) mass is 437 g/mol. The van der Waals surface area contributed by atoms with Crippen molar-refractivity contribution in [3.8, 4) is 0 Å². The number of nitrogens with zero attached hydrogens (tertiary/aromatic N) is 1. The molecular formula is C11H6Br2ClN3O2S. The summed E-state index contributed by atoms with van der Waals surface area (Å²) < 4.78 is 1.44. The molecule has 2 heterocycles. The molecule has 2 N–H and O–H groups in total. The summed E-state index contributed by atoms with van der Waals surface area (Å²) in [7, 11) is 0. The summed E-state index contributed by atoms with van der Waals surface area (Å²) in [5, 5.41) is 0.0545. The molecule has 20 heavy (non-hydrogen) atoms. The Hall–Kier alpha value is -0.960. The number of amides is 2. The summed E-state index contributed by atoms with van der Waals surface area (Å²) in [6.07, 6.45) is 1.47. The van der Waals surface area contributed by atoms with Crippen molar-refractivity contribution in [2.45, 2.75) is 0 Å². The van der Waals surface area contributed by atoms with Crippen LogP contribution in [0.3, 0.4) is 0 Å². The Morgan fingerprint density at radius 3 is 2.55 bits per heavy atom. The summed E-state index contributed by atoms with van der Waals surface area (Å²) in [6, 6.07) is 4.90. The zero-order valence-electron chi connectivity index (χ0n) is 9.62. The van der Waals surface area contributed by atoms with Crippen LogP contribution in [0.1, 0.15) is 20.0 Å². The predicted octanol–water partition coefficient (Wildman–Crippen LogP) is 3.40. The number of aromatic nitrogens is 1. The van der Waals surface area contributed by atoms with E-state index < -0.39 is 11.8 Å². The molecule has 2 aromatic rings. The van der Waals surface area contributed by atoms with Crippen molar-refractivity contribution in [3.05, 3.63) is 48.2 Å². The second-order valence-corrected chi connectivity index (χ2v) is 7.24. The van der Waals surface area contributed by atoms with Crippen LogP contribution in [0.4, 0.5) is 0 Å². The number of thiophene rings is 1. The standard InChI is InChI=1S/C11H6Br2ClN3O2S/c12-5-3-6(9(14)15-4-5)10(18)16-17-11(19)7-1-2-8(13)20-7/h1-4H,(H,16,18)(H,17,19). The fourth-order valence-corrected chi connectivity index (χ4v) is 3.06. The maximum Gasteiger partial charge on any atom is 0.279 e. The summed E-state index contributed by atoms with van der Waals surface area (Å²) in [5.41, 5.74) is 4.75. The van der Waals surface area contributed by atoms with E-state index in [1.54, 1.807) is 12.1 Å². The van der Waals surface area contributed by atoms with Crippen LogP contribution in [0.25, 0.3) is 0 Å². The molecule has 2 aromatic heterocycles. The Balaban J connectivity index is 2.02. The number of carbonyl (C=O) groups excluding carboxylic acids is 2. The van der Waals surface area contributed by atoms with Crippen LogP contribution in [-0.2, 0) is 0 Å². The molecule has 0 aromatic carbocycles. The third-order valence-electron chi connectivity index (χ3n) is 2.14. The molecular weight excluding hydrogens is 433 g/mol. The van der Waals surface area contributed by atoms with Gasteiger partial charge in [0.05, 0.1) is 14.2 Å². The quantitative estimate of drug-likeness (QED) is 0.557. The fraction of sp³-hybridized carbons (Fsp3) is 0. The van der Waals surface area contributed by atoms with Crippen molar-refractivity contribution in [2.75, 3.05) is 0 Å². The molecule has 0 bridgehead atoms. The molecule has 0 aliphatic heterocycles. The zero-order chi connectivity index (χ0) is 14.7. The minimum Gasteiger partial charge on any atom is -0.267 e. The summed E-state index contributed by atoms with van der Waals surface area (Å²) in [6.45, 7) is 0. The van der Waals surface area contributed by atoms with Gasteiger partial charge in [0.1, 0.15) is 5.15 Å². The molecule has 0 aliphatic rings. The first kappa shape index (κ1) is 15.4. The number of carbonyl (C=O) groups is 2. The van der Waals surface area contributed by atoms with Gasteiger partial charge in [-0.3, -0.25) is 20.4 Å². The van der Waals surface area contributed by atoms with Crippen LogP contribution in [0.2, 0.25) is 5.15 Å². The predicted molar refractivity (Wildman–Crippen MR) is 83.9 cm³/mol. The van der Waals surface area contributed by atoms with Crippen LogP contribution < -0.4 is 10.9 Å². The third kappa shape index (κ3) is 3.78. The highest BCUT2D eigenvalue weighted by molar-refractivity contribution is 9.11. The number of hydrogen-bond donors (Lipinski definition) is 2. The molecule has 0 unspecified atom stereocenters. The first-order chi connectivity index (χ1) is 9.47. The van der Waals surface area contributed by atoms with Gasteiger partial charge in [-0.2, -0.15) is 0 Å². The van der Waals surface area contributed by atoms with E-state index in [1.165, 1.54) is 23.6 Å². The van der Waals surface area contributed by atoms with Gasteiger partial charge in [0.15, 0.2) is 0 Å². The molecule has 0 atom stereocenters. The normalized spacial score (nSPS) is 10.2. The third-order valence-corrected chi connectivity index (χ3v) is 4.49. The van der Waals surface area contributed by atoms with Crippen LogP contribution in [0, 0.1) is 0 Å². The Kier molecular flexibility index (Phi) is 5.14. The second-order valence-electron chi connectivity index (χ2n) is 3.50. The largest absolute Gasteiger partial charge is 0.279 e. The second kappa shape index (κ2) is 6.66. The van der Waals surface area contributed by atoms with Gasteiger partial charge in [-0.1, -0.05) is 11.6 Å². The molecule has 5 nitrogen and oxygen atoms in total. The van der Waals surface area contributed by atoms with E-state index in [9.17, 15) is 9.59 Å². The topological polar surface area (TPSA) is 71.1 Å². The lowest BCUT2D eigenvalue weighted by molar-refractivity contribution is 0.0848. The molecule has 0 saturated carbocycles. The van der Waals surface area contributed by atoms with E-state index >= 15 is 0 Å². The van der Waals surface area contributed by atoms with Gasteiger partial charge in [-0.05, 0) is 50.1 Å². The fourth-order valence-electron chi connectivity index (χ4n) is 1.26. The van der Waals surface area contributed by atoms with Gasteiger partial charge in [0.2, 0.25) is 0 Å². The van der Waals surface area contributed by atoms with Crippen LogP contribution >= 0.6 is 54.8 Å². The lowest BCUT2D eigenvalue weighted by atomic mass is 10.3. The molecule has 2 amide bonds. The van der Waals surface area contributed by atoms with Gasteiger partial charge in [-0.25, -0.2) is 4.98 Å². The number of halogens is 3. The lowest BCUT2D eigenvalue weighted by Crippen LogP contribution is -2.41. The lowest BCUT2D eigenvalue weighted by Gasteiger charge is -2.07. The van der Waals surface area contributed by atoms with Gasteiger partial charge >= 0.3 is 0 Å². The SMILES string of the molecule is O=C(NNC(=O)c1cc(Br)cnc1Cl)c1ccc(Br)s1. The van der Waals surface area contributed by atoms with E-state index in [-0.39, 0.29) is 10.7 Å². The highest BCUT2D eigenvalue weighted by atomic mass is 79.9. The Labute approximate surface area is 140 Å². The van der Waals surface area contributed by atoms with E-state index in [4.69, 9.17) is 11.6 Å². The van der Waals surface area contributed by atoms with E-state index in [0.717, 1.165) is 3.79 Å². The summed E-state index contributed by atoms with van der Waals surface area (Å²) in [5.74, 6) is -0.957. The number of nitrogens with one attached hydrogen (secondary N) is 2. The van der Waals surface area contributed by atoms with Crippen molar-refractivity contribution in [3.63, 3.8) is 0 Å². The summed E-state index contributed by atoms with van der Waals surface area (Å²) in [4.78, 5) is 27.9. The number of pyridine rings is 1. The van der Waals surface area contributed by atoms with Gasteiger partial charge in [0, 0.05) is 10.7 Å². The van der Waals surface area contributed by atoms with Gasteiger partial charge in [-0.15, -0.1) is 11.3 Å². The van der Waals surface area contributed by atoms with Crippen molar-refractivity contribution in [1.29, 1.82) is 0 Å². The van der Waals surface area contributed by atoms with E-state index in [0.29, 0.717) is 9.35 Å². The average molecular weight is 440 g/mol. The molecule has 0 fully saturated rings. The highest BCUT2D eigenvalue weighted by Crippen LogP contribution is 2.21. The Bertz CT molecular complexity index is 677. The summed E-state index contributed by atoms with van der Waals surface area (Å²) >= 11 is 13.5. The van der Waals surface area contributed by atoms with Crippen molar-refractivity contribution in [2.24, 2.45) is 0 Å². The molecule has 0 radical (unpaired) electrons. The molecule has 104 valence electrons. The average Bonchev–Trinajstić information content (AvgIpc) is 2.85.